The number of para-hydroxylation sites is 1. The van der Waals surface area contributed by atoms with Crippen LogP contribution in [0.3, 0.4) is 0 Å². The third kappa shape index (κ3) is 2.58. The van der Waals surface area contributed by atoms with Gasteiger partial charge in [0.15, 0.2) is 10.9 Å². The Labute approximate surface area is 169 Å². The first-order chi connectivity index (χ1) is 14.1. The predicted octanol–water partition coefficient (Wildman–Crippen LogP) is 3.54. The minimum Gasteiger partial charge on any atom is -0.354 e. The molecule has 7 nitrogen and oxygen atoms in total. The summed E-state index contributed by atoms with van der Waals surface area (Å²) in [6.07, 6.45) is 0. The highest BCUT2D eigenvalue weighted by Crippen LogP contribution is 2.25. The highest BCUT2D eigenvalue weighted by Gasteiger charge is 2.17. The number of rotatable bonds is 1. The van der Waals surface area contributed by atoms with E-state index in [1.807, 2.05) is 19.1 Å². The van der Waals surface area contributed by atoms with Crippen LogP contribution in [0.4, 0.5) is 0 Å². The Balaban J connectivity index is 1.97. The summed E-state index contributed by atoms with van der Waals surface area (Å²) in [6.45, 7) is 3.43. The van der Waals surface area contributed by atoms with Gasteiger partial charge in [0.25, 0.3) is 10.1 Å². The van der Waals surface area contributed by atoms with Crippen molar-refractivity contribution in [3.8, 4) is 0 Å². The minimum absolute atomic E-state index is 0.136. The van der Waals surface area contributed by atoms with Gasteiger partial charge < -0.3 is 9.97 Å². The van der Waals surface area contributed by atoms with Crippen LogP contribution in [0, 0.1) is 13.8 Å². The molecule has 0 unspecified atom stereocenters. The Morgan fingerprint density at radius 3 is 1.97 bits per heavy atom. The first-order valence-electron chi connectivity index (χ1n) is 9.18. The molecule has 3 aromatic carbocycles. The van der Waals surface area contributed by atoms with E-state index >= 15 is 0 Å². The van der Waals surface area contributed by atoms with E-state index in [1.165, 1.54) is 19.1 Å². The van der Waals surface area contributed by atoms with Crippen LogP contribution in [0.5, 0.6) is 0 Å². The van der Waals surface area contributed by atoms with Gasteiger partial charge in [0.05, 0.1) is 27.0 Å². The quantitative estimate of drug-likeness (QED) is 0.283. The summed E-state index contributed by atoms with van der Waals surface area (Å²) in [5, 5.41) is 1.46. The SMILES string of the molecule is Cc1cc2[nH]c3cc4c(=O)c5cccc(C)c5[nH]c4cc3c(=O)c2cc1S(=O)(=O)O. The Bertz CT molecular complexity index is 1780. The molecule has 30 heavy (non-hydrogen) atoms. The Hall–Kier alpha value is -3.49. The fraction of sp³-hybridized carbons (Fsp3) is 0.0909. The molecule has 0 amide bonds. The normalized spacial score (nSPS) is 12.4. The average molecular weight is 420 g/mol. The lowest BCUT2D eigenvalue weighted by Crippen LogP contribution is -2.10. The number of H-pyrrole nitrogens is 2. The molecule has 2 heterocycles. The van der Waals surface area contributed by atoms with Crippen LogP contribution in [0.25, 0.3) is 43.6 Å². The molecule has 0 aliphatic carbocycles. The van der Waals surface area contributed by atoms with Gasteiger partial charge in [-0.3, -0.25) is 14.1 Å². The van der Waals surface area contributed by atoms with Crippen molar-refractivity contribution in [3.05, 3.63) is 74.0 Å². The van der Waals surface area contributed by atoms with E-state index < -0.39 is 15.5 Å². The molecule has 0 radical (unpaired) electrons. The Morgan fingerprint density at radius 1 is 0.733 bits per heavy atom. The van der Waals surface area contributed by atoms with E-state index in [9.17, 15) is 22.6 Å². The largest absolute Gasteiger partial charge is 0.354 e. The van der Waals surface area contributed by atoms with Crippen molar-refractivity contribution in [2.24, 2.45) is 0 Å². The summed E-state index contributed by atoms with van der Waals surface area (Å²) in [5.41, 5.74) is 2.80. The van der Waals surface area contributed by atoms with Gasteiger partial charge in [0.1, 0.15) is 0 Å². The topological polar surface area (TPSA) is 120 Å². The predicted molar refractivity (Wildman–Crippen MR) is 117 cm³/mol. The van der Waals surface area contributed by atoms with Gasteiger partial charge in [-0.15, -0.1) is 0 Å². The lowest BCUT2D eigenvalue weighted by molar-refractivity contribution is 0.482. The third-order valence-corrected chi connectivity index (χ3v) is 6.53. The molecular formula is C22H16N2O5S. The maximum absolute atomic E-state index is 13.1. The van der Waals surface area contributed by atoms with Crippen molar-refractivity contribution in [2.75, 3.05) is 0 Å². The zero-order valence-electron chi connectivity index (χ0n) is 16.0. The van der Waals surface area contributed by atoms with E-state index in [0.29, 0.717) is 43.8 Å². The lowest BCUT2D eigenvalue weighted by Gasteiger charge is -2.09. The van der Waals surface area contributed by atoms with E-state index in [-0.39, 0.29) is 15.7 Å². The highest BCUT2D eigenvalue weighted by atomic mass is 32.2. The molecule has 0 saturated heterocycles. The van der Waals surface area contributed by atoms with E-state index in [1.54, 1.807) is 18.2 Å². The van der Waals surface area contributed by atoms with E-state index in [0.717, 1.165) is 5.56 Å². The van der Waals surface area contributed by atoms with Crippen molar-refractivity contribution in [1.82, 2.24) is 9.97 Å². The summed E-state index contributed by atoms with van der Waals surface area (Å²) >= 11 is 0. The second kappa shape index (κ2) is 6.01. The first kappa shape index (κ1) is 18.5. The van der Waals surface area contributed by atoms with Crippen LogP contribution in [0.15, 0.2) is 56.9 Å². The molecular weight excluding hydrogens is 404 g/mol. The number of nitrogens with one attached hydrogen (secondary N) is 2. The highest BCUT2D eigenvalue weighted by molar-refractivity contribution is 7.85. The summed E-state index contributed by atoms with van der Waals surface area (Å²) in [6, 6.07) is 11.4. The standard InChI is InChI=1S/C22H16N2O5S/c1-10-4-3-5-12-20(10)24-18-8-13-17(7-14(18)21(12)25)23-16-6-11(2)19(30(27,28)29)9-15(16)22(13)26/h3-9H,1-2H3,(H,23,26)(H,24,25)(H,27,28,29). The lowest BCUT2D eigenvalue weighted by atomic mass is 10.0. The van der Waals surface area contributed by atoms with Crippen molar-refractivity contribution in [2.45, 2.75) is 18.7 Å². The first-order valence-corrected chi connectivity index (χ1v) is 10.6. The number of pyridine rings is 2. The van der Waals surface area contributed by atoms with Crippen LogP contribution < -0.4 is 10.9 Å². The van der Waals surface area contributed by atoms with Crippen LogP contribution in [0.1, 0.15) is 11.1 Å². The zero-order chi connectivity index (χ0) is 21.4. The van der Waals surface area contributed by atoms with Gasteiger partial charge in [0, 0.05) is 21.5 Å². The summed E-state index contributed by atoms with van der Waals surface area (Å²) in [4.78, 5) is 32.2. The Morgan fingerprint density at radius 2 is 1.30 bits per heavy atom. The Kier molecular flexibility index (Phi) is 3.71. The van der Waals surface area contributed by atoms with Crippen LogP contribution >= 0.6 is 0 Å². The van der Waals surface area contributed by atoms with Crippen LogP contribution in [0.2, 0.25) is 0 Å². The number of fused-ring (bicyclic) bond motifs is 4. The molecule has 5 aromatic rings. The van der Waals surface area contributed by atoms with Crippen LogP contribution in [-0.4, -0.2) is 22.9 Å². The van der Waals surface area contributed by atoms with E-state index in [2.05, 4.69) is 9.97 Å². The molecule has 8 heteroatoms. The molecule has 150 valence electrons. The van der Waals surface area contributed by atoms with Gasteiger partial charge in [-0.05, 0) is 55.3 Å². The van der Waals surface area contributed by atoms with E-state index in [4.69, 9.17) is 0 Å². The minimum atomic E-state index is -4.46. The number of hydrogen-bond donors (Lipinski definition) is 3. The van der Waals surface area contributed by atoms with Gasteiger partial charge in [-0.1, -0.05) is 12.1 Å². The molecule has 0 aliphatic heterocycles. The molecule has 0 fully saturated rings. The molecule has 3 N–H and O–H groups in total. The fourth-order valence-corrected chi connectivity index (χ4v) is 4.76. The molecule has 0 spiro atoms. The van der Waals surface area contributed by atoms with Gasteiger partial charge >= 0.3 is 0 Å². The molecule has 2 aromatic heterocycles. The van der Waals surface area contributed by atoms with Crippen LogP contribution in [-0.2, 0) is 10.1 Å². The number of aryl methyl sites for hydroxylation is 2. The molecule has 0 bridgehead atoms. The smallest absolute Gasteiger partial charge is 0.294 e. The second-order valence-electron chi connectivity index (χ2n) is 7.49. The maximum Gasteiger partial charge on any atom is 0.294 e. The summed E-state index contributed by atoms with van der Waals surface area (Å²) < 4.78 is 32.7. The number of benzene rings is 3. The monoisotopic (exact) mass is 420 g/mol. The number of aromatic nitrogens is 2. The molecule has 0 atom stereocenters. The van der Waals surface area contributed by atoms with Gasteiger partial charge in [0.2, 0.25) is 0 Å². The fourth-order valence-electron chi connectivity index (χ4n) is 4.03. The van der Waals surface area contributed by atoms with Crippen molar-refractivity contribution >= 4 is 53.7 Å². The van der Waals surface area contributed by atoms with Gasteiger partial charge in [-0.25, -0.2) is 0 Å². The summed E-state index contributed by atoms with van der Waals surface area (Å²) in [5.74, 6) is 0. The van der Waals surface area contributed by atoms with Crippen molar-refractivity contribution in [1.29, 1.82) is 0 Å². The third-order valence-electron chi connectivity index (χ3n) is 5.53. The number of hydrogen-bond acceptors (Lipinski definition) is 4. The molecule has 5 rings (SSSR count). The molecule has 0 aliphatic rings. The molecule has 0 saturated carbocycles. The van der Waals surface area contributed by atoms with Gasteiger partial charge in [-0.2, -0.15) is 8.42 Å². The average Bonchev–Trinajstić information content (AvgIpc) is 2.67. The number of aromatic amines is 2. The second-order valence-corrected chi connectivity index (χ2v) is 8.88. The zero-order valence-corrected chi connectivity index (χ0v) is 16.8. The summed E-state index contributed by atoms with van der Waals surface area (Å²) in [7, 11) is -4.46. The van der Waals surface area contributed by atoms with Crippen molar-refractivity contribution in [3.63, 3.8) is 0 Å². The maximum atomic E-state index is 13.1. The van der Waals surface area contributed by atoms with Crippen molar-refractivity contribution < 1.29 is 13.0 Å².